The van der Waals surface area contributed by atoms with Crippen molar-refractivity contribution in [1.29, 1.82) is 0 Å². The third kappa shape index (κ3) is 3.34. The first-order valence-corrected chi connectivity index (χ1v) is 7.09. The largest absolute Gasteiger partial charge is 0.488 e. The standard InChI is InChI=1S/C15H19NOS/c1-11-4-3-5-14(8-12(2)16)15(11)17-9-13-6-7-18-10-13/h3-7,10,12H,8-9,16H2,1-2H3. The third-order valence-electron chi connectivity index (χ3n) is 2.80. The maximum absolute atomic E-state index is 5.96. The molecule has 2 aromatic rings. The zero-order valence-corrected chi connectivity index (χ0v) is 11.7. The molecule has 0 saturated heterocycles. The number of para-hydroxylation sites is 1. The van der Waals surface area contributed by atoms with Gasteiger partial charge in [0.25, 0.3) is 0 Å². The topological polar surface area (TPSA) is 35.2 Å². The SMILES string of the molecule is Cc1cccc(CC(C)N)c1OCc1ccsc1. The van der Waals surface area contributed by atoms with Crippen molar-refractivity contribution in [3.8, 4) is 5.75 Å². The highest BCUT2D eigenvalue weighted by atomic mass is 32.1. The fourth-order valence-corrected chi connectivity index (χ4v) is 2.61. The lowest BCUT2D eigenvalue weighted by Gasteiger charge is -2.15. The molecule has 1 atom stereocenters. The molecule has 2 N–H and O–H groups in total. The maximum Gasteiger partial charge on any atom is 0.125 e. The first-order chi connectivity index (χ1) is 8.66. The van der Waals surface area contributed by atoms with Crippen molar-refractivity contribution in [3.63, 3.8) is 0 Å². The van der Waals surface area contributed by atoms with Gasteiger partial charge in [-0.3, -0.25) is 0 Å². The first kappa shape index (κ1) is 13.1. The number of rotatable bonds is 5. The van der Waals surface area contributed by atoms with Gasteiger partial charge < -0.3 is 10.5 Å². The Labute approximate surface area is 112 Å². The van der Waals surface area contributed by atoms with Gasteiger partial charge in [-0.1, -0.05) is 18.2 Å². The van der Waals surface area contributed by atoms with E-state index < -0.39 is 0 Å². The predicted molar refractivity (Wildman–Crippen MR) is 77.2 cm³/mol. The van der Waals surface area contributed by atoms with Gasteiger partial charge in [0.05, 0.1) is 0 Å². The molecule has 0 fully saturated rings. The molecule has 2 rings (SSSR count). The number of thiophene rings is 1. The van der Waals surface area contributed by atoms with Gasteiger partial charge in [-0.15, -0.1) is 0 Å². The fourth-order valence-electron chi connectivity index (χ4n) is 1.96. The molecule has 0 bridgehead atoms. The molecule has 0 radical (unpaired) electrons. The van der Waals surface area contributed by atoms with Gasteiger partial charge in [0.1, 0.15) is 12.4 Å². The molecule has 0 aliphatic heterocycles. The van der Waals surface area contributed by atoms with Crippen LogP contribution in [0.25, 0.3) is 0 Å². The van der Waals surface area contributed by atoms with E-state index >= 15 is 0 Å². The van der Waals surface area contributed by atoms with Crippen molar-refractivity contribution < 1.29 is 4.74 Å². The van der Waals surface area contributed by atoms with Crippen molar-refractivity contribution in [3.05, 3.63) is 51.7 Å². The molecular formula is C15H19NOS. The minimum atomic E-state index is 0.148. The monoisotopic (exact) mass is 261 g/mol. The summed E-state index contributed by atoms with van der Waals surface area (Å²) in [5.74, 6) is 0.987. The molecule has 2 nitrogen and oxygen atoms in total. The highest BCUT2D eigenvalue weighted by Gasteiger charge is 2.09. The van der Waals surface area contributed by atoms with E-state index in [0.29, 0.717) is 6.61 Å². The number of hydrogen-bond acceptors (Lipinski definition) is 3. The Hall–Kier alpha value is -1.32. The molecule has 1 unspecified atom stereocenters. The lowest BCUT2D eigenvalue weighted by molar-refractivity contribution is 0.301. The van der Waals surface area contributed by atoms with Crippen molar-refractivity contribution in [1.82, 2.24) is 0 Å². The Morgan fingerprint density at radius 2 is 2.17 bits per heavy atom. The average molecular weight is 261 g/mol. The molecule has 18 heavy (non-hydrogen) atoms. The van der Waals surface area contributed by atoms with Crippen LogP contribution in [-0.2, 0) is 13.0 Å². The second-order valence-electron chi connectivity index (χ2n) is 4.66. The average Bonchev–Trinajstić information content (AvgIpc) is 2.80. The highest BCUT2D eigenvalue weighted by Crippen LogP contribution is 2.25. The van der Waals surface area contributed by atoms with Crippen LogP contribution in [0, 0.1) is 6.92 Å². The molecule has 0 amide bonds. The predicted octanol–water partition coefficient (Wildman–Crippen LogP) is 3.53. The van der Waals surface area contributed by atoms with E-state index in [9.17, 15) is 0 Å². The smallest absolute Gasteiger partial charge is 0.125 e. The van der Waals surface area contributed by atoms with Gasteiger partial charge >= 0.3 is 0 Å². The Bertz CT molecular complexity index is 491. The molecule has 1 heterocycles. The van der Waals surface area contributed by atoms with Crippen molar-refractivity contribution >= 4 is 11.3 Å². The van der Waals surface area contributed by atoms with Crippen LogP contribution in [0.5, 0.6) is 5.75 Å². The lowest BCUT2D eigenvalue weighted by atomic mass is 10.0. The molecule has 1 aromatic heterocycles. The van der Waals surface area contributed by atoms with Gasteiger partial charge in [0.15, 0.2) is 0 Å². The second kappa shape index (κ2) is 6.03. The van der Waals surface area contributed by atoms with Crippen LogP contribution in [-0.4, -0.2) is 6.04 Å². The minimum absolute atomic E-state index is 0.148. The van der Waals surface area contributed by atoms with Crippen LogP contribution in [0.3, 0.4) is 0 Å². The van der Waals surface area contributed by atoms with E-state index in [0.717, 1.165) is 12.2 Å². The van der Waals surface area contributed by atoms with Crippen LogP contribution in [0.1, 0.15) is 23.6 Å². The van der Waals surface area contributed by atoms with E-state index in [-0.39, 0.29) is 6.04 Å². The fraction of sp³-hybridized carbons (Fsp3) is 0.333. The van der Waals surface area contributed by atoms with Crippen LogP contribution in [0.2, 0.25) is 0 Å². The van der Waals surface area contributed by atoms with E-state index in [2.05, 4.69) is 41.9 Å². The van der Waals surface area contributed by atoms with Gasteiger partial charge in [-0.2, -0.15) is 11.3 Å². The second-order valence-corrected chi connectivity index (χ2v) is 5.44. The van der Waals surface area contributed by atoms with Gasteiger partial charge in [0.2, 0.25) is 0 Å². The normalized spacial score (nSPS) is 12.4. The molecule has 0 aliphatic carbocycles. The zero-order valence-electron chi connectivity index (χ0n) is 10.8. The Morgan fingerprint density at radius 1 is 1.33 bits per heavy atom. The Kier molecular flexibility index (Phi) is 4.39. The van der Waals surface area contributed by atoms with Gasteiger partial charge in [0, 0.05) is 6.04 Å². The van der Waals surface area contributed by atoms with Crippen molar-refractivity contribution in [2.45, 2.75) is 32.9 Å². The van der Waals surface area contributed by atoms with E-state index in [1.165, 1.54) is 16.7 Å². The summed E-state index contributed by atoms with van der Waals surface area (Å²) in [5, 5.41) is 4.18. The van der Waals surface area contributed by atoms with Crippen molar-refractivity contribution in [2.75, 3.05) is 0 Å². The van der Waals surface area contributed by atoms with Gasteiger partial charge in [-0.05, 0) is 53.8 Å². The number of nitrogens with two attached hydrogens (primary N) is 1. The summed E-state index contributed by atoms with van der Waals surface area (Å²) in [6.45, 7) is 4.72. The molecule has 96 valence electrons. The molecule has 3 heteroatoms. The summed E-state index contributed by atoms with van der Waals surface area (Å²) in [6.07, 6.45) is 0.848. The maximum atomic E-state index is 5.96. The van der Waals surface area contributed by atoms with Crippen molar-refractivity contribution in [2.24, 2.45) is 5.73 Å². The van der Waals surface area contributed by atoms with Crippen LogP contribution in [0.15, 0.2) is 35.0 Å². The summed E-state index contributed by atoms with van der Waals surface area (Å²) >= 11 is 1.69. The molecule has 0 aliphatic rings. The zero-order chi connectivity index (χ0) is 13.0. The quantitative estimate of drug-likeness (QED) is 0.893. The van der Waals surface area contributed by atoms with E-state index in [1.54, 1.807) is 11.3 Å². The number of aryl methyl sites for hydroxylation is 1. The van der Waals surface area contributed by atoms with Crippen LogP contribution in [0.4, 0.5) is 0 Å². The summed E-state index contributed by atoms with van der Waals surface area (Å²) in [7, 11) is 0. The van der Waals surface area contributed by atoms with Crippen LogP contribution >= 0.6 is 11.3 Å². The van der Waals surface area contributed by atoms with Crippen LogP contribution < -0.4 is 10.5 Å². The molecular weight excluding hydrogens is 242 g/mol. The van der Waals surface area contributed by atoms with Gasteiger partial charge in [-0.25, -0.2) is 0 Å². The lowest BCUT2D eigenvalue weighted by Crippen LogP contribution is -2.18. The Morgan fingerprint density at radius 3 is 2.83 bits per heavy atom. The van der Waals surface area contributed by atoms with E-state index in [1.807, 2.05) is 6.92 Å². The number of benzene rings is 1. The first-order valence-electron chi connectivity index (χ1n) is 6.14. The summed E-state index contributed by atoms with van der Waals surface area (Å²) in [6, 6.07) is 8.47. The summed E-state index contributed by atoms with van der Waals surface area (Å²) < 4.78 is 5.96. The third-order valence-corrected chi connectivity index (χ3v) is 3.53. The number of hydrogen-bond donors (Lipinski definition) is 1. The molecule has 1 aromatic carbocycles. The summed E-state index contributed by atoms with van der Waals surface area (Å²) in [5.41, 5.74) is 9.46. The highest BCUT2D eigenvalue weighted by molar-refractivity contribution is 7.07. The summed E-state index contributed by atoms with van der Waals surface area (Å²) in [4.78, 5) is 0. The molecule has 0 spiro atoms. The minimum Gasteiger partial charge on any atom is -0.488 e. The van der Waals surface area contributed by atoms with E-state index in [4.69, 9.17) is 10.5 Å². The number of ether oxygens (including phenoxy) is 1. The molecule has 0 saturated carbocycles. The Balaban J connectivity index is 2.14.